The van der Waals surface area contributed by atoms with Crippen LogP contribution >= 0.6 is 11.3 Å². The number of hydrogen-bond acceptors (Lipinski definition) is 9. The summed E-state index contributed by atoms with van der Waals surface area (Å²) < 4.78 is 5.34. The Morgan fingerprint density at radius 3 is 2.56 bits per heavy atom. The van der Waals surface area contributed by atoms with Crippen LogP contribution in [-0.2, 0) is 14.4 Å². The summed E-state index contributed by atoms with van der Waals surface area (Å²) in [6, 6.07) is 13.3. The van der Waals surface area contributed by atoms with Gasteiger partial charge in [-0.05, 0) is 62.1 Å². The fourth-order valence-electron chi connectivity index (χ4n) is 7.01. The first-order chi connectivity index (χ1) is 25.3. The van der Waals surface area contributed by atoms with Crippen LogP contribution in [0.5, 0.6) is 5.75 Å². The van der Waals surface area contributed by atoms with Gasteiger partial charge in [0.15, 0.2) is 0 Å². The average molecular weight is 725 g/mol. The third-order valence-electron chi connectivity index (χ3n) is 9.93. The molecule has 3 aliphatic rings. The lowest BCUT2D eigenvalue weighted by molar-refractivity contribution is -0.145. The SMILES string of the molecule is COc1ccc(-c2nn([C@@H]3C[C@H]4C(=O)N[C@]5(C(=O)O)C[C@H]5/C=C\CCCCC[C@H](NC(=O)Nc5ccccc5)C(=O)N4C3)nc2-c2nccs2)cc1. The number of methoxy groups -OCH3 is 1. The Bertz CT molecular complexity index is 1950. The molecule has 0 unspecified atom stereocenters. The molecule has 15 heteroatoms. The van der Waals surface area contributed by atoms with Crippen LogP contribution in [0, 0.1) is 5.92 Å². The predicted molar refractivity (Wildman–Crippen MR) is 193 cm³/mol. The number of carbonyl (C=O) groups is 4. The second-order valence-corrected chi connectivity index (χ2v) is 14.2. The number of thiazole rings is 1. The second-order valence-electron chi connectivity index (χ2n) is 13.3. The van der Waals surface area contributed by atoms with E-state index in [1.54, 1.807) is 37.6 Å². The number of aliphatic carboxylic acids is 1. The number of urea groups is 1. The Hall–Kier alpha value is -5.57. The van der Waals surface area contributed by atoms with Gasteiger partial charge >= 0.3 is 12.0 Å². The van der Waals surface area contributed by atoms with Gasteiger partial charge in [-0.3, -0.25) is 9.59 Å². The molecular formula is C37H40N8O6S. The van der Waals surface area contributed by atoms with Gasteiger partial charge in [0.05, 0.1) is 13.2 Å². The summed E-state index contributed by atoms with van der Waals surface area (Å²) in [5, 5.41) is 30.9. The molecule has 52 heavy (non-hydrogen) atoms. The Labute approximate surface area is 304 Å². The fraction of sp³-hybridized carbons (Fsp3) is 0.378. The number of anilines is 1. The molecule has 4 heterocycles. The van der Waals surface area contributed by atoms with E-state index in [-0.39, 0.29) is 25.3 Å². The molecule has 2 aromatic carbocycles. The highest BCUT2D eigenvalue weighted by molar-refractivity contribution is 7.13. The Balaban J connectivity index is 1.22. The largest absolute Gasteiger partial charge is 0.497 e. The number of aromatic nitrogens is 4. The van der Waals surface area contributed by atoms with Crippen LogP contribution in [0.1, 0.15) is 51.0 Å². The van der Waals surface area contributed by atoms with E-state index in [0.717, 1.165) is 24.8 Å². The molecule has 5 atom stereocenters. The molecule has 1 saturated heterocycles. The van der Waals surface area contributed by atoms with Gasteiger partial charge in [0.2, 0.25) is 11.8 Å². The minimum atomic E-state index is -1.45. The van der Waals surface area contributed by atoms with Crippen molar-refractivity contribution in [2.24, 2.45) is 5.92 Å². The number of benzene rings is 2. The quantitative estimate of drug-likeness (QED) is 0.193. The van der Waals surface area contributed by atoms with Crippen molar-refractivity contribution in [1.29, 1.82) is 0 Å². The van der Waals surface area contributed by atoms with E-state index >= 15 is 0 Å². The molecule has 1 aliphatic carbocycles. The van der Waals surface area contributed by atoms with Gasteiger partial charge in [0.1, 0.15) is 39.8 Å². The van der Waals surface area contributed by atoms with Crippen LogP contribution in [0.4, 0.5) is 10.5 Å². The van der Waals surface area contributed by atoms with Gasteiger partial charge in [0, 0.05) is 41.7 Å². The third-order valence-corrected chi connectivity index (χ3v) is 10.7. The minimum absolute atomic E-state index is 0.0623. The van der Waals surface area contributed by atoms with Crippen molar-refractivity contribution in [2.75, 3.05) is 19.0 Å². The van der Waals surface area contributed by atoms with E-state index in [1.807, 2.05) is 47.9 Å². The fourth-order valence-corrected chi connectivity index (χ4v) is 7.63. The Kier molecular flexibility index (Phi) is 10.0. The maximum atomic E-state index is 14.5. The molecule has 7 rings (SSSR count). The summed E-state index contributed by atoms with van der Waals surface area (Å²) >= 11 is 1.41. The van der Waals surface area contributed by atoms with Crippen molar-refractivity contribution >= 4 is 40.8 Å². The summed E-state index contributed by atoms with van der Waals surface area (Å²) in [5.41, 5.74) is 1.03. The van der Waals surface area contributed by atoms with Gasteiger partial charge in [-0.1, -0.05) is 43.2 Å². The molecule has 0 radical (unpaired) electrons. The number of carboxylic acid groups (broad SMARTS) is 1. The number of hydrogen-bond donors (Lipinski definition) is 4. The average Bonchev–Trinajstić information content (AvgIpc) is 3.60. The maximum absolute atomic E-state index is 14.5. The van der Waals surface area contributed by atoms with Crippen LogP contribution in [0.2, 0.25) is 0 Å². The van der Waals surface area contributed by atoms with Crippen molar-refractivity contribution in [3.63, 3.8) is 0 Å². The van der Waals surface area contributed by atoms with Crippen molar-refractivity contribution in [2.45, 2.75) is 68.6 Å². The van der Waals surface area contributed by atoms with E-state index in [2.05, 4.69) is 20.9 Å². The summed E-state index contributed by atoms with van der Waals surface area (Å²) in [7, 11) is 1.59. The van der Waals surface area contributed by atoms with Crippen LogP contribution in [0.25, 0.3) is 22.0 Å². The zero-order chi connectivity index (χ0) is 36.2. The molecule has 4 aromatic rings. The standard InChI is InChI=1S/C37H40N8O6S/c1-51-27-16-14-23(15-17-27)30-31(33-38-18-19-52-33)43-45(42-30)26-20-29-32(46)41-37(35(48)49)21-24(37)10-6-3-2-4-9-13-28(34(47)44(29)22-26)40-36(50)39-25-11-7-5-8-12-25/h5-8,10-12,14-19,24,26,28-29H,2-4,9,13,20-22H2,1H3,(H,41,46)(H,48,49)(H2,39,40,50)/b10-6-/t24-,26-,28+,29+,37-/m1/s1. The minimum Gasteiger partial charge on any atom is -0.497 e. The first kappa shape index (κ1) is 34.9. The topological polar surface area (TPSA) is 181 Å². The van der Waals surface area contributed by atoms with Gasteiger partial charge in [-0.25, -0.2) is 14.6 Å². The highest BCUT2D eigenvalue weighted by Gasteiger charge is 2.61. The normalized spacial score (nSPS) is 25.4. The number of rotatable bonds is 7. The van der Waals surface area contributed by atoms with E-state index in [1.165, 1.54) is 21.0 Å². The van der Waals surface area contributed by atoms with Crippen molar-refractivity contribution in [1.82, 2.24) is 35.5 Å². The molecule has 2 aromatic heterocycles. The number of carboxylic acids is 1. The van der Waals surface area contributed by atoms with Crippen LogP contribution in [0.3, 0.4) is 0 Å². The number of fused-ring (bicyclic) bond motifs is 2. The number of amides is 4. The predicted octanol–water partition coefficient (Wildman–Crippen LogP) is 4.89. The zero-order valence-electron chi connectivity index (χ0n) is 28.6. The highest BCUT2D eigenvalue weighted by Crippen LogP contribution is 2.46. The van der Waals surface area contributed by atoms with Crippen LogP contribution in [-0.4, -0.2) is 85.1 Å². The first-order valence-corrected chi connectivity index (χ1v) is 18.3. The number of ether oxygens (including phenoxy) is 1. The lowest BCUT2D eigenvalue weighted by Crippen LogP contribution is -2.56. The van der Waals surface area contributed by atoms with Gasteiger partial charge in [0.25, 0.3) is 0 Å². The van der Waals surface area contributed by atoms with Crippen molar-refractivity contribution in [3.05, 3.63) is 78.3 Å². The monoisotopic (exact) mass is 724 g/mol. The smallest absolute Gasteiger partial charge is 0.330 e. The highest BCUT2D eigenvalue weighted by atomic mass is 32.1. The van der Waals surface area contributed by atoms with E-state index in [0.29, 0.717) is 40.7 Å². The maximum Gasteiger partial charge on any atom is 0.330 e. The van der Waals surface area contributed by atoms with E-state index < -0.39 is 47.5 Å². The summed E-state index contributed by atoms with van der Waals surface area (Å²) in [4.78, 5) is 61.9. The Morgan fingerprint density at radius 1 is 1.04 bits per heavy atom. The van der Waals surface area contributed by atoms with Crippen molar-refractivity contribution < 1.29 is 29.0 Å². The second kappa shape index (κ2) is 15.0. The van der Waals surface area contributed by atoms with Gasteiger partial charge < -0.3 is 30.7 Å². The Morgan fingerprint density at radius 2 is 1.83 bits per heavy atom. The molecule has 14 nitrogen and oxygen atoms in total. The van der Waals surface area contributed by atoms with Crippen LogP contribution < -0.4 is 20.7 Å². The lowest BCUT2D eigenvalue weighted by atomic mass is 10.0. The molecule has 0 spiro atoms. The number of nitrogens with one attached hydrogen (secondary N) is 3. The summed E-state index contributed by atoms with van der Waals surface area (Å²) in [6.07, 6.45) is 9.34. The molecule has 2 fully saturated rings. The lowest BCUT2D eigenvalue weighted by Gasteiger charge is -2.29. The van der Waals surface area contributed by atoms with E-state index in [4.69, 9.17) is 14.9 Å². The van der Waals surface area contributed by atoms with E-state index in [9.17, 15) is 24.3 Å². The molecule has 1 saturated carbocycles. The molecule has 2 aliphatic heterocycles. The molecule has 4 amide bonds. The summed E-state index contributed by atoms with van der Waals surface area (Å²) in [6.45, 7) is 0.0623. The molecule has 4 N–H and O–H groups in total. The number of allylic oxidation sites excluding steroid dienone is 1. The third kappa shape index (κ3) is 7.26. The van der Waals surface area contributed by atoms with Gasteiger partial charge in [-0.2, -0.15) is 9.90 Å². The zero-order valence-corrected chi connectivity index (χ0v) is 29.4. The summed E-state index contributed by atoms with van der Waals surface area (Å²) in [5.74, 6) is -1.78. The molecular weight excluding hydrogens is 685 g/mol. The van der Waals surface area contributed by atoms with Crippen LogP contribution in [0.15, 0.2) is 78.3 Å². The number of nitrogens with zero attached hydrogens (tertiary/aromatic N) is 5. The molecule has 0 bridgehead atoms. The molecule has 270 valence electrons. The van der Waals surface area contributed by atoms with Crippen molar-refractivity contribution in [3.8, 4) is 27.7 Å². The van der Waals surface area contributed by atoms with Gasteiger partial charge in [-0.15, -0.1) is 16.4 Å². The first-order valence-electron chi connectivity index (χ1n) is 17.4. The number of para-hydroxylation sites is 1. The number of carbonyl (C=O) groups excluding carboxylic acids is 3.